The van der Waals surface area contributed by atoms with Crippen LogP contribution in [0.5, 0.6) is 0 Å². The van der Waals surface area contributed by atoms with E-state index in [1.54, 1.807) is 0 Å². The molecule has 0 radical (unpaired) electrons. The summed E-state index contributed by atoms with van der Waals surface area (Å²) in [5.41, 5.74) is 6.93. The van der Waals surface area contributed by atoms with Crippen molar-refractivity contribution in [2.24, 2.45) is 5.41 Å². The van der Waals surface area contributed by atoms with Crippen LogP contribution in [-0.2, 0) is 0 Å². The first-order chi connectivity index (χ1) is 9.88. The Balaban J connectivity index is 1.90. The highest BCUT2D eigenvalue weighted by Gasteiger charge is 2.36. The summed E-state index contributed by atoms with van der Waals surface area (Å²) in [5, 5.41) is 4.14. The first kappa shape index (κ1) is 14.9. The van der Waals surface area contributed by atoms with Gasteiger partial charge in [-0.2, -0.15) is 0 Å². The Morgan fingerprint density at radius 1 is 1.48 bits per heavy atom. The van der Waals surface area contributed by atoms with E-state index in [-0.39, 0.29) is 17.4 Å². The van der Waals surface area contributed by atoms with Crippen molar-refractivity contribution in [3.05, 3.63) is 27.5 Å². The molecule has 0 bridgehead atoms. The van der Waals surface area contributed by atoms with Gasteiger partial charge in [0.15, 0.2) is 0 Å². The zero-order valence-electron chi connectivity index (χ0n) is 12.2. The van der Waals surface area contributed by atoms with E-state index in [1.165, 1.54) is 17.8 Å². The van der Waals surface area contributed by atoms with Gasteiger partial charge in [-0.25, -0.2) is 0 Å². The minimum absolute atomic E-state index is 0.0372. The van der Waals surface area contributed by atoms with Crippen LogP contribution < -0.4 is 11.1 Å². The average Bonchev–Trinajstić information content (AvgIpc) is 2.90. The van der Waals surface area contributed by atoms with E-state index in [1.807, 2.05) is 18.2 Å². The lowest BCUT2D eigenvalue weighted by molar-refractivity contribution is 0.0915. The van der Waals surface area contributed by atoms with Crippen LogP contribution in [0.2, 0.25) is 0 Å². The highest BCUT2D eigenvalue weighted by molar-refractivity contribution is 9.10. The number of carbonyl (C=O) groups is 1. The Hall–Kier alpha value is -1.07. The van der Waals surface area contributed by atoms with Gasteiger partial charge in [-0.3, -0.25) is 4.79 Å². The predicted molar refractivity (Wildman–Crippen MR) is 92.8 cm³/mol. The summed E-state index contributed by atoms with van der Waals surface area (Å²) < 4.78 is 2.04. The molecule has 2 aromatic rings. The lowest BCUT2D eigenvalue weighted by atomic mass is 9.87. The van der Waals surface area contributed by atoms with Crippen molar-refractivity contribution in [3.8, 4) is 0 Å². The van der Waals surface area contributed by atoms with E-state index >= 15 is 0 Å². The van der Waals surface area contributed by atoms with Crippen molar-refractivity contribution in [1.29, 1.82) is 0 Å². The highest BCUT2D eigenvalue weighted by Crippen LogP contribution is 2.39. The summed E-state index contributed by atoms with van der Waals surface area (Å²) >= 11 is 4.92. The standard InChI is InChI=1S/C16H19BrN2OS/c1-16(2)7-3-4-12(16)19-15(20)14-13(18)10-6-5-9(17)8-11(10)21-14/h5-6,8,12H,3-4,7,18H2,1-2H3,(H,19,20). The summed E-state index contributed by atoms with van der Waals surface area (Å²) in [6.07, 6.45) is 3.38. The number of halogens is 1. The fourth-order valence-electron chi connectivity index (χ4n) is 3.08. The van der Waals surface area contributed by atoms with E-state index in [2.05, 4.69) is 35.1 Å². The fourth-order valence-corrected chi connectivity index (χ4v) is 4.66. The SMILES string of the molecule is CC1(C)CCCC1NC(=O)c1sc2cc(Br)ccc2c1N. The van der Waals surface area contributed by atoms with Gasteiger partial charge >= 0.3 is 0 Å². The number of fused-ring (bicyclic) bond motifs is 1. The lowest BCUT2D eigenvalue weighted by Crippen LogP contribution is -2.41. The Kier molecular flexibility index (Phi) is 3.74. The second kappa shape index (κ2) is 5.29. The second-order valence-corrected chi connectivity index (χ2v) is 8.36. The molecule has 1 atom stereocenters. The lowest BCUT2D eigenvalue weighted by Gasteiger charge is -2.27. The smallest absolute Gasteiger partial charge is 0.263 e. The Bertz CT molecular complexity index is 708. The van der Waals surface area contributed by atoms with Crippen molar-refractivity contribution < 1.29 is 4.79 Å². The molecule has 1 aliphatic carbocycles. The van der Waals surface area contributed by atoms with Crippen LogP contribution in [0, 0.1) is 5.41 Å². The third kappa shape index (κ3) is 2.69. The minimum Gasteiger partial charge on any atom is -0.397 e. The van der Waals surface area contributed by atoms with Crippen LogP contribution in [0.4, 0.5) is 5.69 Å². The molecule has 3 nitrogen and oxygen atoms in total. The maximum atomic E-state index is 12.6. The summed E-state index contributed by atoms with van der Waals surface area (Å²) in [4.78, 5) is 13.2. The van der Waals surface area contributed by atoms with Gasteiger partial charge in [0.25, 0.3) is 5.91 Å². The molecule has 0 aliphatic heterocycles. The van der Waals surface area contributed by atoms with Crippen molar-refractivity contribution in [1.82, 2.24) is 5.32 Å². The minimum atomic E-state index is -0.0372. The van der Waals surface area contributed by atoms with Gasteiger partial charge in [0, 0.05) is 20.6 Å². The molecule has 5 heteroatoms. The quantitative estimate of drug-likeness (QED) is 0.818. The zero-order chi connectivity index (χ0) is 15.2. The molecular weight excluding hydrogens is 348 g/mol. The summed E-state index contributed by atoms with van der Waals surface area (Å²) in [7, 11) is 0. The molecule has 3 rings (SSSR count). The molecule has 1 amide bonds. The Labute approximate surface area is 137 Å². The number of carbonyl (C=O) groups excluding carboxylic acids is 1. The van der Waals surface area contributed by atoms with Gasteiger partial charge in [0.05, 0.1) is 5.69 Å². The normalized spacial score (nSPS) is 20.8. The first-order valence-corrected chi connectivity index (χ1v) is 8.78. The fraction of sp³-hybridized carbons (Fsp3) is 0.438. The van der Waals surface area contributed by atoms with E-state index in [4.69, 9.17) is 5.73 Å². The first-order valence-electron chi connectivity index (χ1n) is 7.17. The average molecular weight is 367 g/mol. The molecule has 1 heterocycles. The molecule has 1 saturated carbocycles. The summed E-state index contributed by atoms with van der Waals surface area (Å²) in [6, 6.07) is 6.16. The van der Waals surface area contributed by atoms with Crippen LogP contribution in [-0.4, -0.2) is 11.9 Å². The van der Waals surface area contributed by atoms with E-state index in [9.17, 15) is 4.79 Å². The predicted octanol–water partition coefficient (Wildman–Crippen LogP) is 4.55. The van der Waals surface area contributed by atoms with Crippen LogP contribution in [0.25, 0.3) is 10.1 Å². The molecule has 21 heavy (non-hydrogen) atoms. The maximum absolute atomic E-state index is 12.6. The topological polar surface area (TPSA) is 55.1 Å². The number of nitrogens with two attached hydrogens (primary N) is 1. The van der Waals surface area contributed by atoms with E-state index < -0.39 is 0 Å². The molecule has 1 fully saturated rings. The van der Waals surface area contributed by atoms with Gasteiger partial charge in [0.1, 0.15) is 4.88 Å². The molecule has 112 valence electrons. The summed E-state index contributed by atoms with van der Waals surface area (Å²) in [5.74, 6) is -0.0372. The van der Waals surface area contributed by atoms with Gasteiger partial charge < -0.3 is 11.1 Å². The van der Waals surface area contributed by atoms with E-state index in [0.717, 1.165) is 27.4 Å². The third-order valence-electron chi connectivity index (χ3n) is 4.46. The van der Waals surface area contributed by atoms with Crippen molar-refractivity contribution >= 4 is 48.9 Å². The van der Waals surface area contributed by atoms with Crippen LogP contribution >= 0.6 is 27.3 Å². The Morgan fingerprint density at radius 3 is 2.90 bits per heavy atom. The monoisotopic (exact) mass is 366 g/mol. The molecule has 1 aromatic heterocycles. The van der Waals surface area contributed by atoms with Crippen molar-refractivity contribution in [2.45, 2.75) is 39.2 Å². The number of hydrogen-bond acceptors (Lipinski definition) is 3. The third-order valence-corrected chi connectivity index (χ3v) is 6.12. The van der Waals surface area contributed by atoms with Gasteiger partial charge in [-0.05, 0) is 30.4 Å². The highest BCUT2D eigenvalue weighted by atomic mass is 79.9. The molecule has 3 N–H and O–H groups in total. The van der Waals surface area contributed by atoms with Gasteiger partial charge in [-0.1, -0.05) is 42.3 Å². The molecular formula is C16H19BrN2OS. The number of anilines is 1. The van der Waals surface area contributed by atoms with Crippen LogP contribution in [0.15, 0.2) is 22.7 Å². The van der Waals surface area contributed by atoms with Gasteiger partial charge in [-0.15, -0.1) is 11.3 Å². The zero-order valence-corrected chi connectivity index (χ0v) is 14.6. The molecule has 1 aliphatic rings. The number of benzene rings is 1. The van der Waals surface area contributed by atoms with Crippen LogP contribution in [0.1, 0.15) is 42.8 Å². The molecule has 0 saturated heterocycles. The number of amides is 1. The number of hydrogen-bond donors (Lipinski definition) is 2. The molecule has 1 unspecified atom stereocenters. The number of rotatable bonds is 2. The van der Waals surface area contributed by atoms with Crippen molar-refractivity contribution in [2.75, 3.05) is 5.73 Å². The summed E-state index contributed by atoms with van der Waals surface area (Å²) in [6.45, 7) is 4.44. The Morgan fingerprint density at radius 2 is 2.24 bits per heavy atom. The number of nitrogens with one attached hydrogen (secondary N) is 1. The van der Waals surface area contributed by atoms with Gasteiger partial charge in [0.2, 0.25) is 0 Å². The largest absolute Gasteiger partial charge is 0.397 e. The number of nitrogen functional groups attached to an aromatic ring is 1. The molecule has 1 aromatic carbocycles. The maximum Gasteiger partial charge on any atom is 0.263 e. The number of thiophene rings is 1. The van der Waals surface area contributed by atoms with E-state index in [0.29, 0.717) is 10.6 Å². The molecule has 0 spiro atoms. The van der Waals surface area contributed by atoms with Crippen molar-refractivity contribution in [3.63, 3.8) is 0 Å². The van der Waals surface area contributed by atoms with Crippen LogP contribution in [0.3, 0.4) is 0 Å². The second-order valence-electron chi connectivity index (χ2n) is 6.39.